The second kappa shape index (κ2) is 10.6. The lowest BCUT2D eigenvalue weighted by Crippen LogP contribution is -2.36. The van der Waals surface area contributed by atoms with Gasteiger partial charge in [-0.15, -0.1) is 0 Å². The Labute approximate surface area is 166 Å². The number of benzene rings is 1. The number of methoxy groups -OCH3 is 3. The maximum Gasteiger partial charge on any atom is 0.191 e. The monoisotopic (exact) mass is 389 g/mol. The molecule has 2 rings (SSSR count). The van der Waals surface area contributed by atoms with Crippen LogP contribution in [-0.2, 0) is 24.4 Å². The van der Waals surface area contributed by atoms with Gasteiger partial charge in [-0.2, -0.15) is 5.10 Å². The van der Waals surface area contributed by atoms with Crippen molar-refractivity contribution in [2.24, 2.45) is 4.99 Å². The summed E-state index contributed by atoms with van der Waals surface area (Å²) in [6.07, 6.45) is 0. The minimum atomic E-state index is 0.616. The van der Waals surface area contributed by atoms with Crippen molar-refractivity contribution in [2.45, 2.75) is 33.5 Å². The molecule has 0 aliphatic heterocycles. The van der Waals surface area contributed by atoms with Crippen molar-refractivity contribution in [2.75, 3.05) is 35.0 Å². The van der Waals surface area contributed by atoms with Crippen LogP contribution >= 0.6 is 0 Å². The van der Waals surface area contributed by atoms with E-state index in [9.17, 15) is 0 Å². The molecular weight excluding hydrogens is 358 g/mol. The molecular formula is C20H31N5O3. The van der Waals surface area contributed by atoms with E-state index in [4.69, 9.17) is 14.2 Å². The van der Waals surface area contributed by atoms with Crippen molar-refractivity contribution in [3.05, 3.63) is 40.7 Å². The average Bonchev–Trinajstić information content (AvgIpc) is 2.99. The van der Waals surface area contributed by atoms with Crippen molar-refractivity contribution in [3.8, 4) is 11.5 Å². The SMILES string of the molecule is CN=C(NCc1ccc(OC)c(OC)c1)NCc1c(C)nn(CCOC)c1C. The standard InChI is InChI=1S/C20H31N5O3/c1-14-17(15(2)25(24-14)9-10-26-4)13-23-20(21-3)22-12-16-7-8-18(27-5)19(11-16)28-6/h7-8,11H,9-10,12-13H2,1-6H3,(H2,21,22,23). The van der Waals surface area contributed by atoms with Crippen molar-refractivity contribution in [1.82, 2.24) is 20.4 Å². The molecule has 0 amide bonds. The van der Waals surface area contributed by atoms with Gasteiger partial charge < -0.3 is 24.8 Å². The third kappa shape index (κ3) is 5.39. The number of nitrogens with zero attached hydrogens (tertiary/aromatic N) is 3. The number of hydrogen-bond acceptors (Lipinski definition) is 5. The van der Waals surface area contributed by atoms with Gasteiger partial charge in [-0.1, -0.05) is 6.07 Å². The van der Waals surface area contributed by atoms with Crippen LogP contribution in [-0.4, -0.2) is 50.7 Å². The number of aryl methyl sites for hydroxylation is 1. The van der Waals surface area contributed by atoms with Gasteiger partial charge in [0.05, 0.1) is 33.1 Å². The number of ether oxygens (including phenoxy) is 3. The number of nitrogens with one attached hydrogen (secondary N) is 2. The lowest BCUT2D eigenvalue weighted by Gasteiger charge is -2.14. The van der Waals surface area contributed by atoms with Gasteiger partial charge in [-0.3, -0.25) is 9.67 Å². The van der Waals surface area contributed by atoms with Crippen molar-refractivity contribution in [1.29, 1.82) is 0 Å². The second-order valence-electron chi connectivity index (χ2n) is 6.33. The molecule has 0 radical (unpaired) electrons. The fourth-order valence-corrected chi connectivity index (χ4v) is 2.95. The van der Waals surface area contributed by atoms with Crippen LogP contribution < -0.4 is 20.1 Å². The Kier molecular flexibility index (Phi) is 8.13. The summed E-state index contributed by atoms with van der Waals surface area (Å²) in [4.78, 5) is 4.30. The first kappa shape index (κ1) is 21.6. The number of aliphatic imine (C=N–C) groups is 1. The van der Waals surface area contributed by atoms with Gasteiger partial charge in [0, 0.05) is 38.5 Å². The number of aromatic nitrogens is 2. The summed E-state index contributed by atoms with van der Waals surface area (Å²) in [6, 6.07) is 5.84. The van der Waals surface area contributed by atoms with Gasteiger partial charge in [-0.25, -0.2) is 0 Å². The van der Waals surface area contributed by atoms with E-state index in [0.29, 0.717) is 31.2 Å². The van der Waals surface area contributed by atoms with E-state index in [1.165, 1.54) is 5.56 Å². The molecule has 0 spiro atoms. The highest BCUT2D eigenvalue weighted by atomic mass is 16.5. The van der Waals surface area contributed by atoms with E-state index in [1.807, 2.05) is 29.8 Å². The number of rotatable bonds is 9. The Morgan fingerprint density at radius 3 is 2.43 bits per heavy atom. The number of hydrogen-bond donors (Lipinski definition) is 2. The molecule has 154 valence electrons. The highest BCUT2D eigenvalue weighted by molar-refractivity contribution is 5.79. The topological polar surface area (TPSA) is 81.9 Å². The summed E-state index contributed by atoms with van der Waals surface area (Å²) < 4.78 is 17.8. The summed E-state index contributed by atoms with van der Waals surface area (Å²) in [6.45, 7) is 6.75. The Hall–Kier alpha value is -2.74. The van der Waals surface area contributed by atoms with Gasteiger partial charge in [0.1, 0.15) is 0 Å². The molecule has 0 saturated heterocycles. The summed E-state index contributed by atoms with van der Waals surface area (Å²) in [5.74, 6) is 2.14. The van der Waals surface area contributed by atoms with E-state index in [-0.39, 0.29) is 0 Å². The van der Waals surface area contributed by atoms with Gasteiger partial charge in [0.2, 0.25) is 0 Å². The summed E-state index contributed by atoms with van der Waals surface area (Å²) in [5.41, 5.74) is 4.39. The molecule has 0 aliphatic rings. The van der Waals surface area contributed by atoms with E-state index in [2.05, 4.69) is 27.6 Å². The maximum absolute atomic E-state index is 5.36. The van der Waals surface area contributed by atoms with E-state index >= 15 is 0 Å². The molecule has 0 atom stereocenters. The summed E-state index contributed by atoms with van der Waals surface area (Å²) in [5, 5.41) is 11.3. The lowest BCUT2D eigenvalue weighted by molar-refractivity contribution is 0.182. The van der Waals surface area contributed by atoms with Crippen molar-refractivity contribution in [3.63, 3.8) is 0 Å². The average molecular weight is 390 g/mol. The third-order valence-corrected chi connectivity index (χ3v) is 4.60. The Morgan fingerprint density at radius 1 is 1.07 bits per heavy atom. The molecule has 2 N–H and O–H groups in total. The van der Waals surface area contributed by atoms with E-state index in [1.54, 1.807) is 28.4 Å². The highest BCUT2D eigenvalue weighted by Gasteiger charge is 2.12. The molecule has 2 aromatic rings. The van der Waals surface area contributed by atoms with Crippen LogP contribution in [0.25, 0.3) is 0 Å². The predicted octanol–water partition coefficient (Wildman–Crippen LogP) is 2.03. The predicted molar refractivity (Wildman–Crippen MR) is 110 cm³/mol. The normalized spacial score (nSPS) is 11.4. The van der Waals surface area contributed by atoms with Gasteiger partial charge in [0.25, 0.3) is 0 Å². The smallest absolute Gasteiger partial charge is 0.191 e. The fourth-order valence-electron chi connectivity index (χ4n) is 2.95. The van der Waals surface area contributed by atoms with Crippen LogP contribution in [0.1, 0.15) is 22.5 Å². The lowest BCUT2D eigenvalue weighted by atomic mass is 10.2. The number of guanidine groups is 1. The minimum Gasteiger partial charge on any atom is -0.493 e. The molecule has 0 aliphatic carbocycles. The summed E-state index contributed by atoms with van der Waals surface area (Å²) >= 11 is 0. The molecule has 0 saturated carbocycles. The van der Waals surface area contributed by atoms with Crippen LogP contribution in [0.5, 0.6) is 11.5 Å². The molecule has 0 fully saturated rings. The zero-order chi connectivity index (χ0) is 20.5. The first-order valence-electron chi connectivity index (χ1n) is 9.21. The molecule has 1 aromatic carbocycles. The van der Waals surface area contributed by atoms with Crippen LogP contribution in [0.4, 0.5) is 0 Å². The fraction of sp³-hybridized carbons (Fsp3) is 0.500. The third-order valence-electron chi connectivity index (χ3n) is 4.60. The van der Waals surface area contributed by atoms with Crippen LogP contribution in [0.3, 0.4) is 0 Å². The first-order valence-corrected chi connectivity index (χ1v) is 9.21. The molecule has 8 nitrogen and oxygen atoms in total. The zero-order valence-electron chi connectivity index (χ0n) is 17.6. The van der Waals surface area contributed by atoms with Gasteiger partial charge in [0.15, 0.2) is 17.5 Å². The van der Waals surface area contributed by atoms with Crippen LogP contribution in [0, 0.1) is 13.8 Å². The molecule has 1 heterocycles. The van der Waals surface area contributed by atoms with Gasteiger partial charge in [-0.05, 0) is 31.5 Å². The Morgan fingerprint density at radius 2 is 1.79 bits per heavy atom. The summed E-state index contributed by atoms with van der Waals surface area (Å²) in [7, 11) is 6.71. The van der Waals surface area contributed by atoms with Gasteiger partial charge >= 0.3 is 0 Å². The Balaban J connectivity index is 1.96. The Bertz CT molecular complexity index is 801. The molecule has 0 bridgehead atoms. The quantitative estimate of drug-likeness (QED) is 0.504. The van der Waals surface area contributed by atoms with Crippen molar-refractivity contribution >= 4 is 5.96 Å². The van der Waals surface area contributed by atoms with E-state index in [0.717, 1.165) is 29.5 Å². The molecule has 1 aromatic heterocycles. The van der Waals surface area contributed by atoms with Crippen LogP contribution in [0.2, 0.25) is 0 Å². The zero-order valence-corrected chi connectivity index (χ0v) is 17.6. The molecule has 0 unspecified atom stereocenters. The highest BCUT2D eigenvalue weighted by Crippen LogP contribution is 2.27. The molecule has 8 heteroatoms. The largest absolute Gasteiger partial charge is 0.493 e. The van der Waals surface area contributed by atoms with Crippen molar-refractivity contribution < 1.29 is 14.2 Å². The minimum absolute atomic E-state index is 0.616. The van der Waals surface area contributed by atoms with Crippen LogP contribution in [0.15, 0.2) is 23.2 Å². The maximum atomic E-state index is 5.36. The second-order valence-corrected chi connectivity index (χ2v) is 6.33. The van der Waals surface area contributed by atoms with E-state index < -0.39 is 0 Å². The first-order chi connectivity index (χ1) is 13.5. The molecule has 28 heavy (non-hydrogen) atoms.